The Bertz CT molecular complexity index is 1600. The van der Waals surface area contributed by atoms with Gasteiger partial charge in [0.1, 0.15) is 6.04 Å². The quantitative estimate of drug-likeness (QED) is 0.372. The number of benzene rings is 2. The number of H-pyrrole nitrogens is 1. The van der Waals surface area contributed by atoms with Crippen LogP contribution >= 0.6 is 11.3 Å². The SMILES string of the molecule is Cc1scc(C(C(=O)NC2COC2)N(Cc2ccc3c(c2)CCC3)C(=O)c2cccc3[nH]c(=O)oc23)c1C. The Labute approximate surface area is 223 Å². The maximum Gasteiger partial charge on any atom is 0.417 e. The van der Waals surface area contributed by atoms with E-state index in [0.717, 1.165) is 40.8 Å². The van der Waals surface area contributed by atoms with Gasteiger partial charge in [0, 0.05) is 11.4 Å². The second kappa shape index (κ2) is 9.89. The molecule has 1 atom stereocenters. The lowest BCUT2D eigenvalue weighted by molar-refractivity contribution is -0.130. The van der Waals surface area contributed by atoms with Crippen molar-refractivity contribution in [2.45, 2.75) is 51.7 Å². The van der Waals surface area contributed by atoms with E-state index in [1.165, 1.54) is 11.1 Å². The molecule has 0 radical (unpaired) electrons. The molecular weight excluding hydrogens is 502 g/mol. The zero-order valence-corrected chi connectivity index (χ0v) is 22.2. The third-order valence-corrected chi connectivity index (χ3v) is 8.65. The fourth-order valence-corrected chi connectivity index (χ4v) is 6.25. The smallest absolute Gasteiger partial charge is 0.407 e. The van der Waals surface area contributed by atoms with Crippen LogP contribution < -0.4 is 11.1 Å². The molecule has 1 fully saturated rings. The molecule has 1 aliphatic carbocycles. The summed E-state index contributed by atoms with van der Waals surface area (Å²) in [6, 6.07) is 10.4. The van der Waals surface area contributed by atoms with Crippen molar-refractivity contribution in [1.82, 2.24) is 15.2 Å². The first-order valence-corrected chi connectivity index (χ1v) is 13.7. The van der Waals surface area contributed by atoms with Crippen LogP contribution in [0.15, 0.2) is 51.0 Å². The molecule has 2 N–H and O–H groups in total. The van der Waals surface area contributed by atoms with Crippen LogP contribution in [0.4, 0.5) is 0 Å². The van der Waals surface area contributed by atoms with Crippen molar-refractivity contribution in [2.24, 2.45) is 0 Å². The van der Waals surface area contributed by atoms with E-state index < -0.39 is 11.8 Å². The summed E-state index contributed by atoms with van der Waals surface area (Å²) in [4.78, 5) is 45.6. The summed E-state index contributed by atoms with van der Waals surface area (Å²) >= 11 is 1.56. The maximum atomic E-state index is 14.4. The molecule has 2 aliphatic rings. The number of amides is 2. The van der Waals surface area contributed by atoms with Gasteiger partial charge in [0.05, 0.1) is 30.3 Å². The molecule has 3 heterocycles. The second-order valence-electron chi connectivity index (χ2n) is 10.1. The van der Waals surface area contributed by atoms with Crippen molar-refractivity contribution < 1.29 is 18.7 Å². The van der Waals surface area contributed by atoms with Crippen LogP contribution in [0, 0.1) is 13.8 Å². The van der Waals surface area contributed by atoms with Gasteiger partial charge in [-0.3, -0.25) is 14.6 Å². The number of hydrogen-bond donors (Lipinski definition) is 2. The van der Waals surface area contributed by atoms with E-state index in [-0.39, 0.29) is 35.5 Å². The van der Waals surface area contributed by atoms with Crippen molar-refractivity contribution in [3.05, 3.63) is 90.6 Å². The summed E-state index contributed by atoms with van der Waals surface area (Å²) in [5.41, 5.74) is 6.23. The zero-order valence-electron chi connectivity index (χ0n) is 21.3. The third kappa shape index (κ3) is 4.46. The van der Waals surface area contributed by atoms with Gasteiger partial charge in [0.15, 0.2) is 5.58 Å². The molecule has 9 heteroatoms. The molecule has 2 amide bonds. The lowest BCUT2D eigenvalue weighted by Gasteiger charge is -2.34. The van der Waals surface area contributed by atoms with E-state index in [2.05, 4.69) is 22.4 Å². The summed E-state index contributed by atoms with van der Waals surface area (Å²) in [6.45, 7) is 5.13. The second-order valence-corrected chi connectivity index (χ2v) is 11.2. The molecule has 6 rings (SSSR count). The van der Waals surface area contributed by atoms with Gasteiger partial charge in [0.25, 0.3) is 5.91 Å². The van der Waals surface area contributed by atoms with Crippen LogP contribution in [0.3, 0.4) is 0 Å². The summed E-state index contributed by atoms with van der Waals surface area (Å²) in [5, 5.41) is 5.04. The van der Waals surface area contributed by atoms with Crippen LogP contribution in [-0.4, -0.2) is 41.0 Å². The number of nitrogens with zero attached hydrogens (tertiary/aromatic N) is 1. The van der Waals surface area contributed by atoms with Gasteiger partial charge in [-0.15, -0.1) is 11.3 Å². The molecule has 4 aromatic rings. The van der Waals surface area contributed by atoms with Crippen LogP contribution in [0.25, 0.3) is 11.1 Å². The van der Waals surface area contributed by atoms with Crippen molar-refractivity contribution in [1.29, 1.82) is 0 Å². The number of carbonyl (C=O) groups is 2. The Kier molecular flexibility index (Phi) is 6.41. The summed E-state index contributed by atoms with van der Waals surface area (Å²) in [5.74, 6) is -1.27. The highest BCUT2D eigenvalue weighted by atomic mass is 32.1. The summed E-state index contributed by atoms with van der Waals surface area (Å²) in [6.07, 6.45) is 3.20. The monoisotopic (exact) mass is 531 g/mol. The van der Waals surface area contributed by atoms with E-state index in [9.17, 15) is 14.4 Å². The number of aromatic amines is 1. The van der Waals surface area contributed by atoms with E-state index in [1.54, 1.807) is 34.4 Å². The van der Waals surface area contributed by atoms with Gasteiger partial charge < -0.3 is 19.4 Å². The number of carbonyl (C=O) groups excluding carboxylic acids is 2. The number of thiophene rings is 1. The Hall–Kier alpha value is -3.69. The molecule has 1 aliphatic heterocycles. The van der Waals surface area contributed by atoms with Gasteiger partial charge in [-0.1, -0.05) is 24.3 Å². The predicted molar refractivity (Wildman–Crippen MR) is 144 cm³/mol. The molecule has 1 unspecified atom stereocenters. The van der Waals surface area contributed by atoms with Crippen molar-refractivity contribution >= 4 is 34.3 Å². The molecule has 0 spiro atoms. The Morgan fingerprint density at radius 2 is 1.97 bits per heavy atom. The van der Waals surface area contributed by atoms with Crippen molar-refractivity contribution in [3.8, 4) is 0 Å². The number of oxazole rings is 1. The standard InChI is InChI=1S/C29H29N3O5S/c1-16-17(2)38-15-23(16)25(27(33)30-21-13-36-14-21)32(12-18-9-10-19-5-3-6-20(19)11-18)28(34)22-7-4-8-24-26(22)37-29(35)31-24/h4,7-11,15,21,25H,3,5-6,12-14H2,1-2H3,(H,30,33)(H,31,35). The van der Waals surface area contributed by atoms with Gasteiger partial charge in [-0.05, 0) is 78.4 Å². The topological polar surface area (TPSA) is 105 Å². The molecule has 2 aromatic carbocycles. The lowest BCUT2D eigenvalue weighted by Crippen LogP contribution is -2.53. The van der Waals surface area contributed by atoms with E-state index in [1.807, 2.05) is 25.3 Å². The van der Waals surface area contributed by atoms with E-state index in [4.69, 9.17) is 9.15 Å². The van der Waals surface area contributed by atoms with Gasteiger partial charge >= 0.3 is 5.76 Å². The first-order chi connectivity index (χ1) is 18.4. The van der Waals surface area contributed by atoms with E-state index >= 15 is 0 Å². The summed E-state index contributed by atoms with van der Waals surface area (Å²) < 4.78 is 10.6. The number of aryl methyl sites for hydroxylation is 3. The average Bonchev–Trinajstić information content (AvgIpc) is 3.59. The molecule has 0 saturated carbocycles. The average molecular weight is 532 g/mol. The number of aromatic nitrogens is 1. The van der Waals surface area contributed by atoms with Crippen LogP contribution in [-0.2, 0) is 28.9 Å². The number of nitrogens with one attached hydrogen (secondary N) is 2. The van der Waals surface area contributed by atoms with Crippen LogP contribution in [0.1, 0.15) is 55.5 Å². The van der Waals surface area contributed by atoms with Crippen LogP contribution in [0.5, 0.6) is 0 Å². The Morgan fingerprint density at radius 3 is 2.71 bits per heavy atom. The van der Waals surface area contributed by atoms with Gasteiger partial charge in [0.2, 0.25) is 5.91 Å². The minimum atomic E-state index is -0.873. The number of para-hydroxylation sites is 1. The summed E-state index contributed by atoms with van der Waals surface area (Å²) in [7, 11) is 0. The van der Waals surface area contributed by atoms with Gasteiger partial charge in [-0.2, -0.15) is 0 Å². The normalized spacial score (nSPS) is 15.7. The van der Waals surface area contributed by atoms with E-state index in [0.29, 0.717) is 18.7 Å². The minimum Gasteiger partial charge on any atom is -0.407 e. The fourth-order valence-electron chi connectivity index (χ4n) is 5.35. The highest BCUT2D eigenvalue weighted by Crippen LogP contribution is 2.34. The highest BCUT2D eigenvalue weighted by molar-refractivity contribution is 7.10. The molecular formula is C29H29N3O5S. The van der Waals surface area contributed by atoms with Crippen molar-refractivity contribution in [3.63, 3.8) is 0 Å². The zero-order chi connectivity index (χ0) is 26.4. The number of ether oxygens (including phenoxy) is 1. The lowest BCUT2D eigenvalue weighted by atomic mass is 9.98. The largest absolute Gasteiger partial charge is 0.417 e. The van der Waals surface area contributed by atoms with Crippen LogP contribution in [0.2, 0.25) is 0 Å². The third-order valence-electron chi connectivity index (χ3n) is 7.62. The number of fused-ring (bicyclic) bond motifs is 2. The highest BCUT2D eigenvalue weighted by Gasteiger charge is 2.37. The minimum absolute atomic E-state index is 0.0897. The molecule has 196 valence electrons. The first kappa shape index (κ1) is 24.6. The maximum absolute atomic E-state index is 14.4. The number of hydrogen-bond acceptors (Lipinski definition) is 6. The van der Waals surface area contributed by atoms with Gasteiger partial charge in [-0.25, -0.2) is 4.79 Å². The molecule has 2 aromatic heterocycles. The molecule has 38 heavy (non-hydrogen) atoms. The Morgan fingerprint density at radius 1 is 1.16 bits per heavy atom. The molecule has 1 saturated heterocycles. The molecule has 8 nitrogen and oxygen atoms in total. The number of rotatable bonds is 7. The Balaban J connectivity index is 1.47. The first-order valence-electron chi connectivity index (χ1n) is 12.8. The van der Waals surface area contributed by atoms with Crippen molar-refractivity contribution in [2.75, 3.05) is 13.2 Å². The molecule has 0 bridgehead atoms. The fraction of sp³-hybridized carbons (Fsp3) is 0.345. The predicted octanol–water partition coefficient (Wildman–Crippen LogP) is 4.19.